The zero-order valence-electron chi connectivity index (χ0n) is 8.10. The molecular weight excluding hydrogens is 144 g/mol. The molecular formula is C12H19. The molecule has 0 aliphatic heterocycles. The molecule has 0 aromatic heterocycles. The Balaban J connectivity index is 2.92. The van der Waals surface area contributed by atoms with Crippen LogP contribution in [-0.2, 0) is 0 Å². The summed E-state index contributed by atoms with van der Waals surface area (Å²) in [6.07, 6.45) is 19.5. The summed E-state index contributed by atoms with van der Waals surface area (Å²) in [5, 5.41) is 0. The van der Waals surface area contributed by atoms with E-state index in [0.717, 1.165) is 6.42 Å². The smallest absolute Gasteiger partial charge is 0.0102 e. The Bertz CT molecular complexity index is 137. The van der Waals surface area contributed by atoms with Crippen molar-refractivity contribution < 1.29 is 0 Å². The van der Waals surface area contributed by atoms with Gasteiger partial charge < -0.3 is 0 Å². The second-order valence-electron chi connectivity index (χ2n) is 3.10. The van der Waals surface area contributed by atoms with Crippen molar-refractivity contribution in [1.29, 1.82) is 0 Å². The van der Waals surface area contributed by atoms with Crippen LogP contribution in [0.25, 0.3) is 0 Å². The standard InChI is InChI=1S/C12H19/c1-3-5-7-9-11-12-10-8-6-4-2/h6,8H,3,5,7,9-12H2,1H3. The lowest BCUT2D eigenvalue weighted by Gasteiger charge is -1.96. The van der Waals surface area contributed by atoms with E-state index < -0.39 is 0 Å². The first-order valence-electron chi connectivity index (χ1n) is 4.99. The van der Waals surface area contributed by atoms with Crippen LogP contribution in [0, 0.1) is 12.3 Å². The molecule has 0 heterocycles. The Morgan fingerprint density at radius 3 is 2.42 bits per heavy atom. The molecule has 0 saturated heterocycles. The van der Waals surface area contributed by atoms with Crippen LogP contribution in [0.5, 0.6) is 0 Å². The third kappa shape index (κ3) is 9.30. The van der Waals surface area contributed by atoms with Crippen LogP contribution in [0.1, 0.15) is 51.9 Å². The van der Waals surface area contributed by atoms with Crippen molar-refractivity contribution in [2.24, 2.45) is 0 Å². The fourth-order valence-corrected chi connectivity index (χ4v) is 1.18. The fraction of sp³-hybridized carbons (Fsp3) is 0.667. The van der Waals surface area contributed by atoms with Crippen LogP contribution in [0.4, 0.5) is 0 Å². The number of unbranched alkanes of at least 4 members (excludes halogenated alkanes) is 6. The van der Waals surface area contributed by atoms with Crippen molar-refractivity contribution in [3.63, 3.8) is 0 Å². The van der Waals surface area contributed by atoms with Gasteiger partial charge in [-0.15, -0.1) is 0 Å². The highest BCUT2D eigenvalue weighted by Gasteiger charge is 1.87. The van der Waals surface area contributed by atoms with Crippen LogP contribution in [0.2, 0.25) is 0 Å². The van der Waals surface area contributed by atoms with E-state index in [0.29, 0.717) is 0 Å². The summed E-state index contributed by atoms with van der Waals surface area (Å²) in [5.74, 6) is 2.25. The van der Waals surface area contributed by atoms with Gasteiger partial charge in [0.2, 0.25) is 0 Å². The lowest BCUT2D eigenvalue weighted by atomic mass is 10.1. The number of rotatable bonds is 7. The van der Waals surface area contributed by atoms with Crippen LogP contribution in [0.15, 0.2) is 12.2 Å². The molecule has 0 fully saturated rings. The first-order valence-corrected chi connectivity index (χ1v) is 4.99. The number of hydrogen-bond donors (Lipinski definition) is 0. The lowest BCUT2D eigenvalue weighted by Crippen LogP contribution is -1.77. The maximum atomic E-state index is 6.64. The van der Waals surface area contributed by atoms with Crippen molar-refractivity contribution in [3.8, 4) is 5.92 Å². The van der Waals surface area contributed by atoms with Crippen LogP contribution in [0.3, 0.4) is 0 Å². The molecule has 0 aromatic rings. The van der Waals surface area contributed by atoms with Gasteiger partial charge in [-0.2, -0.15) is 0 Å². The SMILES string of the molecule is [C]#CC=CCCCCCCCC. The van der Waals surface area contributed by atoms with Gasteiger partial charge >= 0.3 is 0 Å². The van der Waals surface area contributed by atoms with Crippen molar-refractivity contribution >= 4 is 0 Å². The predicted molar refractivity (Wildman–Crippen MR) is 54.3 cm³/mol. The van der Waals surface area contributed by atoms with E-state index in [2.05, 4.69) is 12.8 Å². The second kappa shape index (κ2) is 10.3. The molecule has 0 atom stereocenters. The van der Waals surface area contributed by atoms with Gasteiger partial charge in [0.1, 0.15) is 0 Å². The maximum Gasteiger partial charge on any atom is -0.0102 e. The van der Waals surface area contributed by atoms with E-state index in [4.69, 9.17) is 6.42 Å². The van der Waals surface area contributed by atoms with E-state index in [1.807, 2.05) is 6.08 Å². The Morgan fingerprint density at radius 2 is 1.75 bits per heavy atom. The Labute approximate surface area is 77.1 Å². The summed E-state index contributed by atoms with van der Waals surface area (Å²) in [6, 6.07) is 0. The summed E-state index contributed by atoms with van der Waals surface area (Å²) in [5.41, 5.74) is 0. The van der Waals surface area contributed by atoms with E-state index in [9.17, 15) is 0 Å². The molecule has 0 rings (SSSR count). The topological polar surface area (TPSA) is 0 Å². The second-order valence-corrected chi connectivity index (χ2v) is 3.10. The zero-order chi connectivity index (χ0) is 9.07. The van der Waals surface area contributed by atoms with E-state index in [1.165, 1.54) is 38.5 Å². The highest BCUT2D eigenvalue weighted by atomic mass is 13.9. The van der Waals surface area contributed by atoms with Gasteiger partial charge in [0, 0.05) is 0 Å². The van der Waals surface area contributed by atoms with Gasteiger partial charge in [0.25, 0.3) is 0 Å². The average Bonchev–Trinajstić information content (AvgIpc) is 2.10. The normalized spacial score (nSPS) is 10.3. The minimum absolute atomic E-state index is 1.11. The fourth-order valence-electron chi connectivity index (χ4n) is 1.18. The van der Waals surface area contributed by atoms with Gasteiger partial charge in [-0.05, 0) is 25.3 Å². The van der Waals surface area contributed by atoms with Crippen LogP contribution >= 0.6 is 0 Å². The molecule has 12 heavy (non-hydrogen) atoms. The quantitative estimate of drug-likeness (QED) is 0.394. The summed E-state index contributed by atoms with van der Waals surface area (Å²) in [7, 11) is 0. The summed E-state index contributed by atoms with van der Waals surface area (Å²) >= 11 is 0. The molecule has 0 spiro atoms. The van der Waals surface area contributed by atoms with Crippen molar-refractivity contribution in [2.45, 2.75) is 51.9 Å². The molecule has 0 unspecified atom stereocenters. The Kier molecular flexibility index (Phi) is 9.70. The van der Waals surface area contributed by atoms with Crippen molar-refractivity contribution in [3.05, 3.63) is 18.6 Å². The average molecular weight is 163 g/mol. The van der Waals surface area contributed by atoms with Crippen molar-refractivity contribution in [1.82, 2.24) is 0 Å². The molecule has 0 aromatic carbocycles. The monoisotopic (exact) mass is 163 g/mol. The van der Waals surface area contributed by atoms with Crippen LogP contribution < -0.4 is 0 Å². The molecule has 0 aliphatic rings. The maximum absolute atomic E-state index is 6.64. The summed E-state index contributed by atoms with van der Waals surface area (Å²) in [4.78, 5) is 0. The van der Waals surface area contributed by atoms with E-state index >= 15 is 0 Å². The molecule has 67 valence electrons. The number of hydrogen-bond acceptors (Lipinski definition) is 0. The molecule has 0 aliphatic carbocycles. The third-order valence-corrected chi connectivity index (χ3v) is 1.93. The minimum atomic E-state index is 1.11. The molecule has 0 N–H and O–H groups in total. The van der Waals surface area contributed by atoms with E-state index in [1.54, 1.807) is 6.08 Å². The zero-order valence-corrected chi connectivity index (χ0v) is 8.10. The predicted octanol–water partition coefficient (Wildman–Crippen LogP) is 3.88. The molecule has 0 saturated carbocycles. The van der Waals surface area contributed by atoms with Gasteiger partial charge in [0.15, 0.2) is 0 Å². The number of allylic oxidation sites excluding steroid dienone is 2. The molecule has 0 nitrogen and oxygen atoms in total. The van der Waals surface area contributed by atoms with Gasteiger partial charge in [-0.1, -0.05) is 51.0 Å². The van der Waals surface area contributed by atoms with Gasteiger partial charge in [-0.25, -0.2) is 0 Å². The Morgan fingerprint density at radius 1 is 1.08 bits per heavy atom. The minimum Gasteiger partial charge on any atom is -0.0761 e. The van der Waals surface area contributed by atoms with Gasteiger partial charge in [0.05, 0.1) is 0 Å². The van der Waals surface area contributed by atoms with Crippen LogP contribution in [-0.4, -0.2) is 0 Å². The lowest BCUT2D eigenvalue weighted by molar-refractivity contribution is 0.611. The summed E-state index contributed by atoms with van der Waals surface area (Å²) < 4.78 is 0. The Hall–Kier alpha value is -0.700. The van der Waals surface area contributed by atoms with Crippen molar-refractivity contribution in [2.75, 3.05) is 0 Å². The molecule has 0 amide bonds. The largest absolute Gasteiger partial charge is 0.0761 e. The first kappa shape index (κ1) is 11.3. The summed E-state index contributed by atoms with van der Waals surface area (Å²) in [6.45, 7) is 2.24. The highest BCUT2D eigenvalue weighted by molar-refractivity contribution is 5.04. The third-order valence-electron chi connectivity index (χ3n) is 1.93. The molecule has 1 radical (unpaired) electrons. The molecule has 0 heteroatoms. The highest BCUT2D eigenvalue weighted by Crippen LogP contribution is 2.06. The van der Waals surface area contributed by atoms with E-state index in [-0.39, 0.29) is 0 Å². The van der Waals surface area contributed by atoms with Gasteiger partial charge in [-0.3, -0.25) is 0 Å². The first-order chi connectivity index (χ1) is 5.91. The molecule has 0 bridgehead atoms.